The SMILES string of the molecule is CC(C)CCNC(=O)CSc1ccc(N)cc1. The molecule has 0 atom stereocenters. The molecule has 3 nitrogen and oxygen atoms in total. The Morgan fingerprint density at radius 3 is 2.59 bits per heavy atom. The summed E-state index contributed by atoms with van der Waals surface area (Å²) in [5, 5.41) is 2.91. The quantitative estimate of drug-likeness (QED) is 0.604. The third kappa shape index (κ3) is 6.22. The largest absolute Gasteiger partial charge is 0.399 e. The smallest absolute Gasteiger partial charge is 0.230 e. The fourth-order valence-corrected chi connectivity index (χ4v) is 1.99. The maximum absolute atomic E-state index is 11.5. The zero-order valence-electron chi connectivity index (χ0n) is 10.4. The van der Waals surface area contributed by atoms with Crippen molar-refractivity contribution in [3.8, 4) is 0 Å². The lowest BCUT2D eigenvalue weighted by molar-refractivity contribution is -0.118. The first-order valence-electron chi connectivity index (χ1n) is 5.83. The van der Waals surface area contributed by atoms with E-state index in [0.29, 0.717) is 11.7 Å². The van der Waals surface area contributed by atoms with Crippen molar-refractivity contribution >= 4 is 23.4 Å². The standard InChI is InChI=1S/C13H20N2OS/c1-10(2)7-8-15-13(16)9-17-12-5-3-11(14)4-6-12/h3-6,10H,7-9,14H2,1-2H3,(H,15,16). The number of thioether (sulfide) groups is 1. The molecule has 0 fully saturated rings. The van der Waals surface area contributed by atoms with Gasteiger partial charge in [0.25, 0.3) is 0 Å². The van der Waals surface area contributed by atoms with E-state index in [4.69, 9.17) is 5.73 Å². The monoisotopic (exact) mass is 252 g/mol. The van der Waals surface area contributed by atoms with E-state index >= 15 is 0 Å². The van der Waals surface area contributed by atoms with Gasteiger partial charge in [0, 0.05) is 17.1 Å². The Hall–Kier alpha value is -1.16. The molecule has 0 bridgehead atoms. The molecule has 0 saturated carbocycles. The van der Waals surface area contributed by atoms with Gasteiger partial charge in [-0.3, -0.25) is 4.79 Å². The molecule has 0 unspecified atom stereocenters. The first-order chi connectivity index (χ1) is 8.08. The van der Waals surface area contributed by atoms with Crippen LogP contribution in [-0.2, 0) is 4.79 Å². The van der Waals surface area contributed by atoms with Gasteiger partial charge in [0.05, 0.1) is 5.75 Å². The summed E-state index contributed by atoms with van der Waals surface area (Å²) >= 11 is 1.53. The summed E-state index contributed by atoms with van der Waals surface area (Å²) < 4.78 is 0. The second-order valence-electron chi connectivity index (χ2n) is 4.39. The maximum atomic E-state index is 11.5. The lowest BCUT2D eigenvalue weighted by Crippen LogP contribution is -2.26. The number of anilines is 1. The Balaban J connectivity index is 2.21. The van der Waals surface area contributed by atoms with E-state index in [1.165, 1.54) is 11.8 Å². The number of rotatable bonds is 6. The summed E-state index contributed by atoms with van der Waals surface area (Å²) in [7, 11) is 0. The Labute approximate surface area is 107 Å². The van der Waals surface area contributed by atoms with Crippen LogP contribution in [0, 0.1) is 5.92 Å². The average Bonchev–Trinajstić information content (AvgIpc) is 2.28. The van der Waals surface area contributed by atoms with Gasteiger partial charge in [-0.2, -0.15) is 0 Å². The first kappa shape index (κ1) is 13.9. The molecule has 0 saturated heterocycles. The van der Waals surface area contributed by atoms with Crippen LogP contribution < -0.4 is 11.1 Å². The summed E-state index contributed by atoms with van der Waals surface area (Å²) in [6, 6.07) is 7.56. The molecule has 0 aliphatic heterocycles. The van der Waals surface area contributed by atoms with Crippen molar-refractivity contribution in [2.45, 2.75) is 25.2 Å². The molecule has 0 aliphatic rings. The van der Waals surface area contributed by atoms with Crippen molar-refractivity contribution in [2.75, 3.05) is 18.0 Å². The second kappa shape index (κ2) is 7.22. The minimum absolute atomic E-state index is 0.0903. The molecule has 4 heteroatoms. The van der Waals surface area contributed by atoms with Crippen molar-refractivity contribution in [3.05, 3.63) is 24.3 Å². The van der Waals surface area contributed by atoms with Crippen LogP contribution in [0.15, 0.2) is 29.2 Å². The number of carbonyl (C=O) groups is 1. The number of hydrogen-bond donors (Lipinski definition) is 2. The van der Waals surface area contributed by atoms with E-state index in [-0.39, 0.29) is 5.91 Å². The summed E-state index contributed by atoms with van der Waals surface area (Å²) in [6.45, 7) is 5.06. The molecule has 0 aromatic heterocycles. The number of amides is 1. The highest BCUT2D eigenvalue weighted by Gasteiger charge is 2.02. The van der Waals surface area contributed by atoms with Gasteiger partial charge in [0.1, 0.15) is 0 Å². The molecular weight excluding hydrogens is 232 g/mol. The van der Waals surface area contributed by atoms with Crippen molar-refractivity contribution in [1.29, 1.82) is 0 Å². The highest BCUT2D eigenvalue weighted by molar-refractivity contribution is 8.00. The number of nitrogens with one attached hydrogen (secondary N) is 1. The minimum Gasteiger partial charge on any atom is -0.399 e. The second-order valence-corrected chi connectivity index (χ2v) is 5.44. The van der Waals surface area contributed by atoms with Gasteiger partial charge < -0.3 is 11.1 Å². The van der Waals surface area contributed by atoms with E-state index < -0.39 is 0 Å². The Kier molecular flexibility index (Phi) is 5.91. The first-order valence-corrected chi connectivity index (χ1v) is 6.81. The van der Waals surface area contributed by atoms with Crippen LogP contribution >= 0.6 is 11.8 Å². The lowest BCUT2D eigenvalue weighted by atomic mass is 10.1. The van der Waals surface area contributed by atoms with Crippen molar-refractivity contribution in [1.82, 2.24) is 5.32 Å². The highest BCUT2D eigenvalue weighted by Crippen LogP contribution is 2.18. The minimum atomic E-state index is 0.0903. The molecule has 94 valence electrons. The molecule has 0 heterocycles. The van der Waals surface area contributed by atoms with Crippen LogP contribution in [-0.4, -0.2) is 18.2 Å². The van der Waals surface area contributed by atoms with E-state index in [1.54, 1.807) is 0 Å². The van der Waals surface area contributed by atoms with E-state index in [9.17, 15) is 4.79 Å². The van der Waals surface area contributed by atoms with Crippen molar-refractivity contribution < 1.29 is 4.79 Å². The zero-order valence-corrected chi connectivity index (χ0v) is 11.2. The Bertz CT molecular complexity index is 349. The fourth-order valence-electron chi connectivity index (χ4n) is 1.26. The molecule has 3 N–H and O–H groups in total. The lowest BCUT2D eigenvalue weighted by Gasteiger charge is -2.07. The predicted octanol–water partition coefficient (Wildman–Crippen LogP) is 2.52. The third-order valence-corrected chi connectivity index (χ3v) is 3.31. The van der Waals surface area contributed by atoms with Gasteiger partial charge in [-0.15, -0.1) is 11.8 Å². The molecule has 1 amide bonds. The van der Waals surface area contributed by atoms with Crippen LogP contribution in [0.3, 0.4) is 0 Å². The third-order valence-electron chi connectivity index (χ3n) is 2.29. The summed E-state index contributed by atoms with van der Waals surface area (Å²) in [4.78, 5) is 12.6. The summed E-state index contributed by atoms with van der Waals surface area (Å²) in [5.41, 5.74) is 6.33. The van der Waals surface area contributed by atoms with Gasteiger partial charge in [-0.1, -0.05) is 13.8 Å². The van der Waals surface area contributed by atoms with E-state index in [1.807, 2.05) is 24.3 Å². The van der Waals surface area contributed by atoms with Gasteiger partial charge in [0.15, 0.2) is 0 Å². The fraction of sp³-hybridized carbons (Fsp3) is 0.462. The van der Waals surface area contributed by atoms with Crippen LogP contribution in [0.2, 0.25) is 0 Å². The molecule has 0 radical (unpaired) electrons. The maximum Gasteiger partial charge on any atom is 0.230 e. The van der Waals surface area contributed by atoms with Gasteiger partial charge >= 0.3 is 0 Å². The molecule has 1 rings (SSSR count). The van der Waals surface area contributed by atoms with Crippen LogP contribution in [0.5, 0.6) is 0 Å². The Morgan fingerprint density at radius 1 is 1.35 bits per heavy atom. The average molecular weight is 252 g/mol. The predicted molar refractivity (Wildman–Crippen MR) is 74.0 cm³/mol. The van der Waals surface area contributed by atoms with Gasteiger partial charge in [0.2, 0.25) is 5.91 Å². The Morgan fingerprint density at radius 2 is 2.00 bits per heavy atom. The topological polar surface area (TPSA) is 55.1 Å². The number of benzene rings is 1. The molecule has 1 aromatic rings. The normalized spacial score (nSPS) is 10.5. The van der Waals surface area contributed by atoms with Crippen LogP contribution in [0.25, 0.3) is 0 Å². The van der Waals surface area contributed by atoms with Gasteiger partial charge in [-0.05, 0) is 36.6 Å². The van der Waals surface area contributed by atoms with Gasteiger partial charge in [-0.25, -0.2) is 0 Å². The molecule has 1 aromatic carbocycles. The van der Waals surface area contributed by atoms with Crippen LogP contribution in [0.1, 0.15) is 20.3 Å². The molecule has 0 aliphatic carbocycles. The summed E-state index contributed by atoms with van der Waals surface area (Å²) in [6.07, 6.45) is 1.03. The molecule has 17 heavy (non-hydrogen) atoms. The number of hydrogen-bond acceptors (Lipinski definition) is 3. The van der Waals surface area contributed by atoms with E-state index in [2.05, 4.69) is 19.2 Å². The van der Waals surface area contributed by atoms with Crippen molar-refractivity contribution in [2.24, 2.45) is 5.92 Å². The number of carbonyl (C=O) groups excluding carboxylic acids is 1. The van der Waals surface area contributed by atoms with Crippen molar-refractivity contribution in [3.63, 3.8) is 0 Å². The highest BCUT2D eigenvalue weighted by atomic mass is 32.2. The molecular formula is C13H20N2OS. The number of nitrogen functional groups attached to an aromatic ring is 1. The molecule has 0 spiro atoms. The summed E-state index contributed by atoms with van der Waals surface area (Å²) in [5.74, 6) is 1.18. The number of nitrogens with two attached hydrogens (primary N) is 1. The van der Waals surface area contributed by atoms with Crippen LogP contribution in [0.4, 0.5) is 5.69 Å². The van der Waals surface area contributed by atoms with E-state index in [0.717, 1.165) is 23.5 Å². The zero-order chi connectivity index (χ0) is 12.7.